The van der Waals surface area contributed by atoms with Crippen molar-refractivity contribution in [1.29, 1.82) is 0 Å². The summed E-state index contributed by atoms with van der Waals surface area (Å²) in [5.41, 5.74) is 6.47. The van der Waals surface area contributed by atoms with E-state index in [2.05, 4.69) is 5.32 Å². The lowest BCUT2D eigenvalue weighted by Crippen LogP contribution is -2.27. The first kappa shape index (κ1) is 15.3. The number of methoxy groups -OCH3 is 2. The Bertz CT molecular complexity index is 421. The van der Waals surface area contributed by atoms with Crippen molar-refractivity contribution in [3.05, 3.63) is 18.2 Å². The average molecular weight is 266 g/mol. The van der Waals surface area contributed by atoms with Gasteiger partial charge in [0.15, 0.2) is 0 Å². The van der Waals surface area contributed by atoms with Gasteiger partial charge in [-0.3, -0.25) is 4.79 Å². The van der Waals surface area contributed by atoms with Crippen molar-refractivity contribution >= 4 is 11.6 Å². The van der Waals surface area contributed by atoms with Crippen molar-refractivity contribution in [1.82, 2.24) is 0 Å². The molecular weight excluding hydrogens is 244 g/mol. The molecule has 0 fully saturated rings. The minimum Gasteiger partial charge on any atom is -0.497 e. The second kappa shape index (κ2) is 7.63. The Kier molecular flexibility index (Phi) is 6.15. The Labute approximate surface area is 114 Å². The topological polar surface area (TPSA) is 73.6 Å². The Hall–Kier alpha value is -1.75. The molecule has 0 heterocycles. The molecule has 5 nitrogen and oxygen atoms in total. The minimum atomic E-state index is -0.107. The van der Waals surface area contributed by atoms with Gasteiger partial charge in [0, 0.05) is 18.5 Å². The maximum absolute atomic E-state index is 11.8. The number of carbonyl (C=O) groups is 1. The lowest BCUT2D eigenvalue weighted by atomic mass is 10.1. The molecule has 0 radical (unpaired) electrons. The van der Waals surface area contributed by atoms with Gasteiger partial charge in [-0.1, -0.05) is 13.3 Å². The van der Waals surface area contributed by atoms with Crippen molar-refractivity contribution in [3.63, 3.8) is 0 Å². The summed E-state index contributed by atoms with van der Waals surface area (Å²) >= 11 is 0. The van der Waals surface area contributed by atoms with E-state index in [1.54, 1.807) is 32.4 Å². The molecule has 106 valence electrons. The second-order valence-electron chi connectivity index (χ2n) is 4.37. The summed E-state index contributed by atoms with van der Waals surface area (Å²) in [6.45, 7) is 2.05. The lowest BCUT2D eigenvalue weighted by molar-refractivity contribution is -0.116. The summed E-state index contributed by atoms with van der Waals surface area (Å²) in [6, 6.07) is 5.14. The van der Waals surface area contributed by atoms with Crippen molar-refractivity contribution in [3.8, 4) is 11.5 Å². The molecule has 3 N–H and O–H groups in total. The summed E-state index contributed by atoms with van der Waals surface area (Å²) < 4.78 is 10.3. The molecule has 0 aliphatic heterocycles. The highest BCUT2D eigenvalue weighted by atomic mass is 16.5. The fourth-order valence-electron chi connectivity index (χ4n) is 1.81. The molecule has 1 aromatic rings. The monoisotopic (exact) mass is 266 g/mol. The zero-order chi connectivity index (χ0) is 14.3. The third kappa shape index (κ3) is 4.79. The molecule has 1 aromatic carbocycles. The van der Waals surface area contributed by atoms with Crippen molar-refractivity contribution in [2.24, 2.45) is 5.73 Å². The molecule has 1 unspecified atom stereocenters. The zero-order valence-corrected chi connectivity index (χ0v) is 11.7. The SMILES string of the molecule is CCCC(N)CC(=O)Nc1ccc(OC)cc1OC. The van der Waals surface area contributed by atoms with Gasteiger partial charge in [0.05, 0.1) is 19.9 Å². The Morgan fingerprint density at radius 1 is 1.37 bits per heavy atom. The summed E-state index contributed by atoms with van der Waals surface area (Å²) in [4.78, 5) is 11.8. The first-order chi connectivity index (χ1) is 9.10. The van der Waals surface area contributed by atoms with Crippen LogP contribution in [0.1, 0.15) is 26.2 Å². The van der Waals surface area contributed by atoms with E-state index in [0.717, 1.165) is 12.8 Å². The van der Waals surface area contributed by atoms with Gasteiger partial charge in [-0.15, -0.1) is 0 Å². The fraction of sp³-hybridized carbons (Fsp3) is 0.500. The van der Waals surface area contributed by atoms with E-state index in [1.165, 1.54) is 0 Å². The van der Waals surface area contributed by atoms with Crippen LogP contribution in [0.15, 0.2) is 18.2 Å². The molecule has 5 heteroatoms. The molecular formula is C14H22N2O3. The van der Waals surface area contributed by atoms with Crippen LogP contribution in [0.3, 0.4) is 0 Å². The van der Waals surface area contributed by atoms with Crippen LogP contribution in [0.2, 0.25) is 0 Å². The van der Waals surface area contributed by atoms with E-state index in [-0.39, 0.29) is 11.9 Å². The first-order valence-electron chi connectivity index (χ1n) is 6.38. The number of anilines is 1. The van der Waals surface area contributed by atoms with Gasteiger partial charge in [0.2, 0.25) is 5.91 Å². The Balaban J connectivity index is 2.68. The smallest absolute Gasteiger partial charge is 0.226 e. The van der Waals surface area contributed by atoms with Gasteiger partial charge in [0.25, 0.3) is 0 Å². The molecule has 0 aromatic heterocycles. The van der Waals surface area contributed by atoms with Gasteiger partial charge in [-0.2, -0.15) is 0 Å². The predicted molar refractivity (Wildman–Crippen MR) is 75.7 cm³/mol. The van der Waals surface area contributed by atoms with Crippen LogP contribution in [-0.2, 0) is 4.79 Å². The van der Waals surface area contributed by atoms with E-state index >= 15 is 0 Å². The first-order valence-corrected chi connectivity index (χ1v) is 6.38. The third-order valence-electron chi connectivity index (χ3n) is 2.79. The van der Waals surface area contributed by atoms with Crippen molar-refractivity contribution < 1.29 is 14.3 Å². The Morgan fingerprint density at radius 3 is 2.68 bits per heavy atom. The van der Waals surface area contributed by atoms with E-state index in [9.17, 15) is 4.79 Å². The molecule has 0 saturated carbocycles. The summed E-state index contributed by atoms with van der Waals surface area (Å²) in [5.74, 6) is 1.14. The highest BCUT2D eigenvalue weighted by Crippen LogP contribution is 2.29. The number of nitrogens with one attached hydrogen (secondary N) is 1. The highest BCUT2D eigenvalue weighted by Gasteiger charge is 2.12. The van der Waals surface area contributed by atoms with Gasteiger partial charge < -0.3 is 20.5 Å². The molecule has 0 bridgehead atoms. The van der Waals surface area contributed by atoms with Crippen LogP contribution in [-0.4, -0.2) is 26.2 Å². The molecule has 0 aliphatic rings. The predicted octanol–water partition coefficient (Wildman–Crippen LogP) is 2.16. The maximum Gasteiger partial charge on any atom is 0.226 e. The number of benzene rings is 1. The molecule has 0 saturated heterocycles. The third-order valence-corrected chi connectivity index (χ3v) is 2.79. The number of rotatable bonds is 7. The van der Waals surface area contributed by atoms with Crippen molar-refractivity contribution in [2.75, 3.05) is 19.5 Å². The summed E-state index contributed by atoms with van der Waals surface area (Å²) in [6.07, 6.45) is 2.12. The van der Waals surface area contributed by atoms with E-state index in [0.29, 0.717) is 23.6 Å². The molecule has 0 aliphatic carbocycles. The molecule has 1 atom stereocenters. The molecule has 0 spiro atoms. The fourth-order valence-corrected chi connectivity index (χ4v) is 1.81. The van der Waals surface area contributed by atoms with Gasteiger partial charge in [-0.05, 0) is 18.6 Å². The number of ether oxygens (including phenoxy) is 2. The highest BCUT2D eigenvalue weighted by molar-refractivity contribution is 5.92. The quantitative estimate of drug-likeness (QED) is 0.793. The van der Waals surface area contributed by atoms with Gasteiger partial charge in [-0.25, -0.2) is 0 Å². The summed E-state index contributed by atoms with van der Waals surface area (Å²) in [5, 5.41) is 2.80. The van der Waals surface area contributed by atoms with Crippen LogP contribution >= 0.6 is 0 Å². The molecule has 19 heavy (non-hydrogen) atoms. The van der Waals surface area contributed by atoms with Crippen LogP contribution < -0.4 is 20.5 Å². The van der Waals surface area contributed by atoms with Gasteiger partial charge in [0.1, 0.15) is 11.5 Å². The largest absolute Gasteiger partial charge is 0.497 e. The minimum absolute atomic E-state index is 0.103. The zero-order valence-electron chi connectivity index (χ0n) is 11.7. The van der Waals surface area contributed by atoms with E-state index < -0.39 is 0 Å². The molecule has 1 amide bonds. The Morgan fingerprint density at radius 2 is 2.11 bits per heavy atom. The van der Waals surface area contributed by atoms with Crippen LogP contribution in [0.25, 0.3) is 0 Å². The summed E-state index contributed by atoms with van der Waals surface area (Å²) in [7, 11) is 3.13. The lowest BCUT2D eigenvalue weighted by Gasteiger charge is -2.13. The average Bonchev–Trinajstić information content (AvgIpc) is 2.39. The normalized spacial score (nSPS) is 11.8. The number of hydrogen-bond donors (Lipinski definition) is 2. The van der Waals surface area contributed by atoms with E-state index in [4.69, 9.17) is 15.2 Å². The maximum atomic E-state index is 11.8. The van der Waals surface area contributed by atoms with Gasteiger partial charge >= 0.3 is 0 Å². The number of amides is 1. The molecule has 1 rings (SSSR count). The van der Waals surface area contributed by atoms with E-state index in [1.807, 2.05) is 6.92 Å². The van der Waals surface area contributed by atoms with Crippen LogP contribution in [0, 0.1) is 0 Å². The number of nitrogens with two attached hydrogens (primary N) is 1. The van der Waals surface area contributed by atoms with Crippen LogP contribution in [0.5, 0.6) is 11.5 Å². The number of carbonyl (C=O) groups excluding carboxylic acids is 1. The second-order valence-corrected chi connectivity index (χ2v) is 4.37. The van der Waals surface area contributed by atoms with Crippen LogP contribution in [0.4, 0.5) is 5.69 Å². The number of hydrogen-bond acceptors (Lipinski definition) is 4. The van der Waals surface area contributed by atoms with Crippen molar-refractivity contribution in [2.45, 2.75) is 32.2 Å². The standard InChI is InChI=1S/C14H22N2O3/c1-4-5-10(15)8-14(17)16-12-7-6-11(18-2)9-13(12)19-3/h6-7,9-10H,4-5,8,15H2,1-3H3,(H,16,17).